The maximum absolute atomic E-state index is 13.6. The van der Waals surface area contributed by atoms with E-state index >= 15 is 0 Å². The molecule has 0 saturated carbocycles. The molecule has 14 heteroatoms. The lowest BCUT2D eigenvalue weighted by molar-refractivity contribution is -0.437. The Morgan fingerprint density at radius 2 is 1.55 bits per heavy atom. The Morgan fingerprint density at radius 3 is 2.11 bits per heavy atom. The van der Waals surface area contributed by atoms with E-state index in [9.17, 15) is 40.6 Å². The van der Waals surface area contributed by atoms with Crippen LogP contribution in [0, 0.1) is 6.92 Å². The second kappa shape index (κ2) is 18.2. The smallest absolute Gasteiger partial charge is 0.347 e. The minimum Gasteiger partial charge on any atom is -0.506 e. The molecule has 0 saturated heterocycles. The first kappa shape index (κ1) is 43.6. The summed E-state index contributed by atoms with van der Waals surface area (Å²) in [6, 6.07) is 9.76. The summed E-state index contributed by atoms with van der Waals surface area (Å²) in [5.41, 5.74) is 1.17. The minimum absolute atomic E-state index is 0.000910. The van der Waals surface area contributed by atoms with Crippen molar-refractivity contribution >= 4 is 59.8 Å². The second-order valence-corrected chi connectivity index (χ2v) is 17.8. The van der Waals surface area contributed by atoms with Gasteiger partial charge in [0.25, 0.3) is 20.2 Å². The fourth-order valence-electron chi connectivity index (χ4n) is 7.26. The highest BCUT2D eigenvalue weighted by molar-refractivity contribution is 7.86. The fourth-order valence-corrected chi connectivity index (χ4v) is 8.27. The average Bonchev–Trinajstić information content (AvgIpc) is 3.30. The Kier molecular flexibility index (Phi) is 14.5. The number of allylic oxidation sites excluding steroid dienone is 3. The Balaban J connectivity index is 1.78. The number of benzene rings is 2. The van der Waals surface area contributed by atoms with E-state index in [0.29, 0.717) is 33.5 Å². The van der Waals surface area contributed by atoms with Crippen LogP contribution in [0.5, 0.6) is 0 Å². The van der Waals surface area contributed by atoms with Gasteiger partial charge in [0.2, 0.25) is 5.69 Å². The zero-order valence-corrected chi connectivity index (χ0v) is 34.4. The predicted molar refractivity (Wildman–Crippen MR) is 217 cm³/mol. The number of aryl methyl sites for hydroxylation is 1. The lowest BCUT2D eigenvalue weighted by atomic mass is 9.81. The monoisotopic (exact) mass is 799 g/mol. The Morgan fingerprint density at radius 1 is 0.909 bits per heavy atom. The van der Waals surface area contributed by atoms with E-state index in [1.54, 1.807) is 31.4 Å². The molecule has 12 nitrogen and oxygen atoms in total. The molecule has 3 N–H and O–H groups in total. The highest BCUT2D eigenvalue weighted by Gasteiger charge is 2.45. The molecule has 1 aromatic heterocycles. The molecular formula is C41H55N2O10S2+. The van der Waals surface area contributed by atoms with Crippen LogP contribution in [-0.4, -0.2) is 72.5 Å². The van der Waals surface area contributed by atoms with Crippen molar-refractivity contribution in [3.05, 3.63) is 81.2 Å². The Bertz CT molecular complexity index is 2270. The zero-order valence-electron chi connectivity index (χ0n) is 32.7. The van der Waals surface area contributed by atoms with E-state index in [2.05, 4.69) is 18.7 Å². The van der Waals surface area contributed by atoms with E-state index in [1.807, 2.05) is 18.2 Å². The predicted octanol–water partition coefficient (Wildman–Crippen LogP) is 8.08. The van der Waals surface area contributed by atoms with Gasteiger partial charge in [-0.05, 0) is 76.4 Å². The van der Waals surface area contributed by atoms with Crippen molar-refractivity contribution in [1.29, 1.82) is 0 Å². The number of unbranched alkanes of at least 4 members (excludes halogenated alkanes) is 6. The third kappa shape index (κ3) is 10.6. The lowest BCUT2D eigenvalue weighted by Gasteiger charge is -2.25. The zero-order chi connectivity index (χ0) is 40.7. The normalized spacial score (nSPS) is 14.8. The first-order chi connectivity index (χ1) is 25.8. The number of Topliss-reactive ketones (excluding diaryl/α,β-unsaturated/α-hetero) is 1. The molecule has 0 aliphatic carbocycles. The van der Waals surface area contributed by atoms with Crippen LogP contribution in [-0.2, 0) is 30.4 Å². The summed E-state index contributed by atoms with van der Waals surface area (Å²) in [5, 5.41) is 12.2. The number of aliphatic hydroxyl groups excluding tert-OH is 1. The van der Waals surface area contributed by atoms with Gasteiger partial charge in [0.1, 0.15) is 23.5 Å². The topological polar surface area (TPSA) is 182 Å². The van der Waals surface area contributed by atoms with E-state index in [1.165, 1.54) is 44.0 Å². The van der Waals surface area contributed by atoms with Gasteiger partial charge in [0.05, 0.1) is 21.6 Å². The standard InChI is InChI=1S/C41H54N2O10S2/c1-7-9-11-13-22-42(23-14-12-10-8-2)30-16-18-32-28(3)38(40(46)53-36(32)26-30)39(45)33(29(4)44)19-21-37-41(5,6)34-27-31(55(50,51)52)17-20-35(34)43(37)24-15-25-54(47,48)49/h16-21,26-27H,7-15,22-25H2,1-6H3,(H2,47,48,49,50,51,52)/p+1. The quantitative estimate of drug-likeness (QED) is 0.0191. The molecule has 0 unspecified atom stereocenters. The van der Waals surface area contributed by atoms with Gasteiger partial charge in [-0.3, -0.25) is 13.9 Å². The molecule has 1 aliphatic rings. The summed E-state index contributed by atoms with van der Waals surface area (Å²) >= 11 is 0. The molecule has 0 amide bonds. The number of ketones is 1. The van der Waals surface area contributed by atoms with Crippen LogP contribution in [0.2, 0.25) is 0 Å². The van der Waals surface area contributed by atoms with Gasteiger partial charge in [0.15, 0.2) is 11.5 Å². The van der Waals surface area contributed by atoms with Gasteiger partial charge in [0, 0.05) is 54.4 Å². The van der Waals surface area contributed by atoms with Crippen LogP contribution in [0.15, 0.2) is 68.2 Å². The molecule has 1 aliphatic heterocycles. The molecule has 0 spiro atoms. The van der Waals surface area contributed by atoms with Gasteiger partial charge in [-0.1, -0.05) is 52.4 Å². The number of anilines is 1. The van der Waals surface area contributed by atoms with Crippen molar-refractivity contribution in [2.24, 2.45) is 0 Å². The van der Waals surface area contributed by atoms with E-state index in [-0.39, 0.29) is 29.0 Å². The maximum atomic E-state index is 13.6. The minimum atomic E-state index is -4.55. The van der Waals surface area contributed by atoms with Crippen molar-refractivity contribution < 1.29 is 44.8 Å². The average molecular weight is 800 g/mol. The van der Waals surface area contributed by atoms with Crippen molar-refractivity contribution in [3.8, 4) is 0 Å². The van der Waals surface area contributed by atoms with Gasteiger partial charge in [-0.15, -0.1) is 0 Å². The first-order valence-electron chi connectivity index (χ1n) is 19.0. The van der Waals surface area contributed by atoms with Crippen molar-refractivity contribution in [3.63, 3.8) is 0 Å². The van der Waals surface area contributed by atoms with E-state index in [4.69, 9.17) is 4.42 Å². The number of hydrogen-bond acceptors (Lipinski definition) is 9. The van der Waals surface area contributed by atoms with E-state index < -0.39 is 48.6 Å². The van der Waals surface area contributed by atoms with Crippen molar-refractivity contribution in [2.45, 2.75) is 110 Å². The Hall–Kier alpha value is -4.11. The number of fused-ring (bicyclic) bond motifs is 2. The summed E-state index contributed by atoms with van der Waals surface area (Å²) < 4.78 is 73.7. The van der Waals surface area contributed by atoms with Crippen LogP contribution in [0.4, 0.5) is 11.4 Å². The highest BCUT2D eigenvalue weighted by Crippen LogP contribution is 2.41. The van der Waals surface area contributed by atoms with Crippen molar-refractivity contribution in [2.75, 3.05) is 30.3 Å². The Labute approximate surface area is 324 Å². The van der Waals surface area contributed by atoms with Gasteiger partial charge in [-0.2, -0.15) is 21.4 Å². The molecule has 4 rings (SSSR count). The van der Waals surface area contributed by atoms with Gasteiger partial charge in [-0.25, -0.2) is 4.79 Å². The number of hydrogen-bond donors (Lipinski definition) is 3. The summed E-state index contributed by atoms with van der Waals surface area (Å²) in [6.45, 7) is 12.7. The third-order valence-corrected chi connectivity index (χ3v) is 12.0. The molecule has 2 aromatic carbocycles. The number of rotatable bonds is 20. The van der Waals surface area contributed by atoms with Crippen LogP contribution in [0.25, 0.3) is 16.7 Å². The summed E-state index contributed by atoms with van der Waals surface area (Å²) in [7, 11) is -8.83. The molecule has 0 fully saturated rings. The number of nitrogens with zero attached hydrogens (tertiary/aromatic N) is 2. The van der Waals surface area contributed by atoms with Crippen LogP contribution in [0.3, 0.4) is 0 Å². The second-order valence-electron chi connectivity index (χ2n) is 14.8. The molecule has 55 heavy (non-hydrogen) atoms. The molecule has 300 valence electrons. The molecule has 2 heterocycles. The number of carbonyl (C=O) groups excluding carboxylic acids is 1. The molecule has 0 radical (unpaired) electrons. The van der Waals surface area contributed by atoms with Crippen LogP contribution in [0.1, 0.15) is 109 Å². The van der Waals surface area contributed by atoms with Crippen LogP contribution >= 0.6 is 0 Å². The largest absolute Gasteiger partial charge is 0.506 e. The number of aliphatic hydroxyl groups is 1. The van der Waals surface area contributed by atoms with Gasteiger partial charge < -0.3 is 14.4 Å². The fraction of sp³-hybridized carbons (Fsp3) is 0.488. The van der Waals surface area contributed by atoms with Crippen molar-refractivity contribution in [1.82, 2.24) is 0 Å². The van der Waals surface area contributed by atoms with Gasteiger partial charge >= 0.3 is 5.63 Å². The van der Waals surface area contributed by atoms with Crippen LogP contribution < -0.4 is 10.5 Å². The first-order valence-corrected chi connectivity index (χ1v) is 22.0. The van der Waals surface area contributed by atoms with E-state index in [0.717, 1.165) is 57.3 Å². The summed E-state index contributed by atoms with van der Waals surface area (Å²) in [4.78, 5) is 28.7. The molecule has 0 atom stereocenters. The summed E-state index contributed by atoms with van der Waals surface area (Å²) in [6.07, 6.45) is 11.9. The molecule has 3 aromatic rings. The molecule has 0 bridgehead atoms. The lowest BCUT2D eigenvalue weighted by Crippen LogP contribution is -2.28. The SMILES string of the molecule is CCCCCCN(CCCCCC)c1ccc2c(C)c(C(O)=C(/C=C/C3=[N+](CCCS(=O)(=O)O)c4ccc(S(=O)(=O)O)cc4C3(C)C)C(C)=O)c(=O)oc2c1. The third-order valence-electron chi connectivity index (χ3n) is 10.3. The highest BCUT2D eigenvalue weighted by atomic mass is 32.2. The maximum Gasteiger partial charge on any atom is 0.347 e. The summed E-state index contributed by atoms with van der Waals surface area (Å²) in [5.74, 6) is -1.66. The molecular weight excluding hydrogens is 745 g/mol. The number of carbonyl (C=O) groups is 1.